The zero-order valence-electron chi connectivity index (χ0n) is 15.3. The third-order valence-electron chi connectivity index (χ3n) is 4.64. The summed E-state index contributed by atoms with van der Waals surface area (Å²) in [7, 11) is 0. The summed E-state index contributed by atoms with van der Waals surface area (Å²) in [5.74, 6) is 0.682. The van der Waals surface area contributed by atoms with Crippen LogP contribution in [0.3, 0.4) is 0 Å². The fraction of sp³-hybridized carbons (Fsp3) is 0.556. The van der Waals surface area contributed by atoms with Crippen LogP contribution in [-0.4, -0.2) is 49.9 Å². The number of likely N-dealkylation sites (tertiary alicyclic amines) is 1. The second kappa shape index (κ2) is 8.55. The molecule has 0 unspecified atom stereocenters. The predicted molar refractivity (Wildman–Crippen MR) is 101 cm³/mol. The standard InChI is InChI=1S/C18H25N5O2S/c1-3-22-16(14-7-9-19-10-8-14)20-23(18(22)26)13-21-11-5-6-15(12-21)17(24)25-4-2/h7-10,15H,3-6,11-13H2,1-2H3/t15-/m1/s1. The highest BCUT2D eigenvalue weighted by atomic mass is 32.1. The molecule has 1 atom stereocenters. The zero-order chi connectivity index (χ0) is 18.5. The van der Waals surface area contributed by atoms with Gasteiger partial charge in [0, 0.05) is 31.0 Å². The topological polar surface area (TPSA) is 65.2 Å². The first-order valence-corrected chi connectivity index (χ1v) is 9.51. The molecule has 1 saturated heterocycles. The van der Waals surface area contributed by atoms with Crippen molar-refractivity contribution in [2.24, 2.45) is 5.92 Å². The van der Waals surface area contributed by atoms with Crippen LogP contribution in [0.5, 0.6) is 0 Å². The van der Waals surface area contributed by atoms with Crippen LogP contribution in [0.2, 0.25) is 0 Å². The van der Waals surface area contributed by atoms with Gasteiger partial charge in [0.2, 0.25) is 0 Å². The van der Waals surface area contributed by atoms with Crippen molar-refractivity contribution in [1.82, 2.24) is 24.2 Å². The molecule has 3 heterocycles. The molecule has 0 spiro atoms. The summed E-state index contributed by atoms with van der Waals surface area (Å²) in [6.07, 6.45) is 5.37. The summed E-state index contributed by atoms with van der Waals surface area (Å²) in [6, 6.07) is 3.87. The van der Waals surface area contributed by atoms with Gasteiger partial charge in [0.05, 0.1) is 19.2 Å². The van der Waals surface area contributed by atoms with E-state index in [0.29, 0.717) is 24.6 Å². The van der Waals surface area contributed by atoms with E-state index < -0.39 is 0 Å². The molecule has 0 N–H and O–H groups in total. The van der Waals surface area contributed by atoms with E-state index in [-0.39, 0.29) is 11.9 Å². The Balaban J connectivity index is 1.79. The van der Waals surface area contributed by atoms with Crippen molar-refractivity contribution in [2.75, 3.05) is 19.7 Å². The van der Waals surface area contributed by atoms with E-state index in [9.17, 15) is 4.79 Å². The molecule has 1 fully saturated rings. The molecule has 0 bridgehead atoms. The second-order valence-corrected chi connectivity index (χ2v) is 6.76. The van der Waals surface area contributed by atoms with Crippen molar-refractivity contribution in [3.8, 4) is 11.4 Å². The van der Waals surface area contributed by atoms with Gasteiger partial charge in [-0.3, -0.25) is 14.7 Å². The van der Waals surface area contributed by atoms with Crippen LogP contribution in [0.1, 0.15) is 26.7 Å². The third-order valence-corrected chi connectivity index (χ3v) is 5.07. The van der Waals surface area contributed by atoms with Crippen molar-refractivity contribution in [1.29, 1.82) is 0 Å². The number of rotatable bonds is 6. The molecule has 7 nitrogen and oxygen atoms in total. The monoisotopic (exact) mass is 375 g/mol. The average molecular weight is 375 g/mol. The molecule has 0 radical (unpaired) electrons. The Morgan fingerprint density at radius 3 is 2.81 bits per heavy atom. The van der Waals surface area contributed by atoms with Crippen LogP contribution in [0.15, 0.2) is 24.5 Å². The van der Waals surface area contributed by atoms with Crippen LogP contribution >= 0.6 is 12.2 Å². The van der Waals surface area contributed by atoms with Gasteiger partial charge in [-0.2, -0.15) is 5.10 Å². The van der Waals surface area contributed by atoms with E-state index in [1.807, 2.05) is 28.3 Å². The molecule has 8 heteroatoms. The summed E-state index contributed by atoms with van der Waals surface area (Å²) >= 11 is 5.63. The summed E-state index contributed by atoms with van der Waals surface area (Å²) in [5.41, 5.74) is 0.995. The summed E-state index contributed by atoms with van der Waals surface area (Å²) in [6.45, 7) is 7.28. The van der Waals surface area contributed by atoms with E-state index >= 15 is 0 Å². The lowest BCUT2D eigenvalue weighted by Gasteiger charge is -2.31. The quantitative estimate of drug-likeness (QED) is 0.571. The maximum absolute atomic E-state index is 12.1. The van der Waals surface area contributed by atoms with Gasteiger partial charge >= 0.3 is 5.97 Å². The minimum atomic E-state index is -0.0997. The fourth-order valence-corrected chi connectivity index (χ4v) is 3.67. The molecule has 0 amide bonds. The highest BCUT2D eigenvalue weighted by Crippen LogP contribution is 2.21. The number of carbonyl (C=O) groups excluding carboxylic acids is 1. The highest BCUT2D eigenvalue weighted by molar-refractivity contribution is 7.71. The molecule has 1 aliphatic rings. The fourth-order valence-electron chi connectivity index (χ4n) is 3.36. The van der Waals surface area contributed by atoms with Crippen LogP contribution in [-0.2, 0) is 22.7 Å². The number of esters is 1. The largest absolute Gasteiger partial charge is 0.466 e. The lowest BCUT2D eigenvalue weighted by molar-refractivity contribution is -0.150. The lowest BCUT2D eigenvalue weighted by Crippen LogP contribution is -2.40. The second-order valence-electron chi connectivity index (χ2n) is 6.40. The normalized spacial score (nSPS) is 18.0. The Hall–Kier alpha value is -2.06. The van der Waals surface area contributed by atoms with Gasteiger partial charge in [-0.1, -0.05) is 0 Å². The Bertz CT molecular complexity index is 802. The van der Waals surface area contributed by atoms with Gasteiger partial charge in [-0.05, 0) is 57.6 Å². The van der Waals surface area contributed by atoms with Crippen LogP contribution in [0.25, 0.3) is 11.4 Å². The van der Waals surface area contributed by atoms with Crippen molar-refractivity contribution in [2.45, 2.75) is 39.9 Å². The van der Waals surface area contributed by atoms with Crippen molar-refractivity contribution in [3.05, 3.63) is 29.3 Å². The minimum Gasteiger partial charge on any atom is -0.466 e. The molecular formula is C18H25N5O2S. The molecule has 3 rings (SSSR count). The minimum absolute atomic E-state index is 0.0641. The molecule has 26 heavy (non-hydrogen) atoms. The molecule has 0 aliphatic carbocycles. The molecule has 1 aliphatic heterocycles. The Morgan fingerprint density at radius 2 is 2.12 bits per heavy atom. The van der Waals surface area contributed by atoms with Crippen molar-refractivity contribution in [3.63, 3.8) is 0 Å². The number of carbonyl (C=O) groups is 1. The van der Waals surface area contributed by atoms with Gasteiger partial charge in [0.25, 0.3) is 0 Å². The van der Waals surface area contributed by atoms with E-state index in [1.165, 1.54) is 0 Å². The number of hydrogen-bond donors (Lipinski definition) is 0. The Morgan fingerprint density at radius 1 is 1.35 bits per heavy atom. The zero-order valence-corrected chi connectivity index (χ0v) is 16.1. The predicted octanol–water partition coefficient (Wildman–Crippen LogP) is 2.73. The van der Waals surface area contributed by atoms with Crippen molar-refractivity contribution >= 4 is 18.2 Å². The summed E-state index contributed by atoms with van der Waals surface area (Å²) < 4.78 is 9.75. The number of nitrogens with zero attached hydrogens (tertiary/aromatic N) is 5. The maximum atomic E-state index is 12.1. The number of aromatic nitrogens is 4. The highest BCUT2D eigenvalue weighted by Gasteiger charge is 2.27. The van der Waals surface area contributed by atoms with Gasteiger partial charge in [-0.15, -0.1) is 0 Å². The van der Waals surface area contributed by atoms with Gasteiger partial charge in [0.1, 0.15) is 0 Å². The first kappa shape index (κ1) is 18.7. The molecule has 2 aromatic heterocycles. The Kier molecular flexibility index (Phi) is 6.16. The van der Waals surface area contributed by atoms with Gasteiger partial charge < -0.3 is 9.30 Å². The van der Waals surface area contributed by atoms with E-state index in [2.05, 4.69) is 16.8 Å². The molecule has 0 saturated carbocycles. The summed E-state index contributed by atoms with van der Waals surface area (Å²) in [4.78, 5) is 18.3. The average Bonchev–Trinajstić information content (AvgIpc) is 2.98. The molecule has 140 valence electrons. The third kappa shape index (κ3) is 4.02. The van der Waals surface area contributed by atoms with Crippen LogP contribution in [0.4, 0.5) is 0 Å². The number of pyridine rings is 1. The van der Waals surface area contributed by atoms with E-state index in [4.69, 9.17) is 22.1 Å². The smallest absolute Gasteiger partial charge is 0.310 e. The lowest BCUT2D eigenvalue weighted by atomic mass is 9.99. The first-order valence-electron chi connectivity index (χ1n) is 9.11. The number of hydrogen-bond acceptors (Lipinski definition) is 6. The van der Waals surface area contributed by atoms with E-state index in [1.54, 1.807) is 12.4 Å². The molecular weight excluding hydrogens is 350 g/mol. The van der Waals surface area contributed by atoms with Gasteiger partial charge in [-0.25, -0.2) is 4.68 Å². The Labute approximate surface area is 158 Å². The van der Waals surface area contributed by atoms with Crippen LogP contribution < -0.4 is 0 Å². The number of piperidine rings is 1. The van der Waals surface area contributed by atoms with Crippen LogP contribution in [0, 0.1) is 10.7 Å². The SMILES string of the molecule is CCOC(=O)[C@@H]1CCCN(Cn2nc(-c3ccncc3)n(CC)c2=S)C1. The number of ether oxygens (including phenoxy) is 1. The summed E-state index contributed by atoms with van der Waals surface area (Å²) in [5, 5.41) is 4.74. The molecule has 0 aromatic carbocycles. The van der Waals surface area contributed by atoms with Gasteiger partial charge in [0.15, 0.2) is 10.6 Å². The first-order chi connectivity index (χ1) is 12.6. The maximum Gasteiger partial charge on any atom is 0.310 e. The van der Waals surface area contributed by atoms with Crippen molar-refractivity contribution < 1.29 is 9.53 Å². The van der Waals surface area contributed by atoms with E-state index in [0.717, 1.165) is 37.3 Å². The molecule has 2 aromatic rings.